The van der Waals surface area contributed by atoms with E-state index in [-0.39, 0.29) is 17.8 Å². The lowest BCUT2D eigenvalue weighted by atomic mass is 9.94. The molecule has 3 N–H and O–H groups in total. The fourth-order valence-electron chi connectivity index (χ4n) is 3.60. The van der Waals surface area contributed by atoms with E-state index in [1.54, 1.807) is 21.0 Å². The van der Waals surface area contributed by atoms with Crippen molar-refractivity contribution < 1.29 is 23.8 Å². The Morgan fingerprint density at radius 1 is 1.10 bits per heavy atom. The molecule has 160 valence electrons. The van der Waals surface area contributed by atoms with Gasteiger partial charge in [0.25, 0.3) is 0 Å². The molecule has 0 spiro atoms. The van der Waals surface area contributed by atoms with Crippen molar-refractivity contribution in [2.45, 2.75) is 31.3 Å². The number of likely N-dealkylation sites (tertiary alicyclic amines) is 1. The number of amides is 2. The van der Waals surface area contributed by atoms with Gasteiger partial charge in [0.05, 0.1) is 13.2 Å². The maximum Gasteiger partial charge on any atom is 0.323 e. The highest BCUT2D eigenvalue weighted by Crippen LogP contribution is 2.33. The summed E-state index contributed by atoms with van der Waals surface area (Å²) in [6, 6.07) is 12.3. The quantitative estimate of drug-likeness (QED) is 0.674. The van der Waals surface area contributed by atoms with E-state index < -0.39 is 17.5 Å². The number of ether oxygens (including phenoxy) is 1. The van der Waals surface area contributed by atoms with Crippen molar-refractivity contribution in [1.82, 2.24) is 10.2 Å². The zero-order valence-electron chi connectivity index (χ0n) is 17.2. The lowest BCUT2D eigenvalue weighted by Crippen LogP contribution is -2.50. The molecular formula is C22H26FN3O4. The van der Waals surface area contributed by atoms with E-state index in [9.17, 15) is 19.1 Å². The summed E-state index contributed by atoms with van der Waals surface area (Å²) >= 11 is 0. The smallest absolute Gasteiger partial charge is 0.323 e. The Bertz CT molecular complexity index is 900. The minimum absolute atomic E-state index is 0.103. The van der Waals surface area contributed by atoms with Crippen molar-refractivity contribution in [2.75, 3.05) is 25.5 Å². The molecule has 1 saturated heterocycles. The van der Waals surface area contributed by atoms with E-state index in [0.717, 1.165) is 11.3 Å². The average molecular weight is 415 g/mol. The summed E-state index contributed by atoms with van der Waals surface area (Å²) in [5.74, 6) is -0.693. The van der Waals surface area contributed by atoms with Crippen LogP contribution in [0, 0.1) is 5.82 Å². The van der Waals surface area contributed by atoms with E-state index in [4.69, 9.17) is 4.74 Å². The molecule has 2 aromatic rings. The first-order valence-corrected chi connectivity index (χ1v) is 9.66. The van der Waals surface area contributed by atoms with Gasteiger partial charge in [-0.05, 0) is 55.8 Å². The molecule has 0 unspecified atom stereocenters. The van der Waals surface area contributed by atoms with Crippen LogP contribution < -0.4 is 15.4 Å². The first-order chi connectivity index (χ1) is 14.2. The molecule has 0 saturated carbocycles. The van der Waals surface area contributed by atoms with Crippen LogP contribution in [0.5, 0.6) is 5.75 Å². The van der Waals surface area contributed by atoms with Crippen molar-refractivity contribution in [3.63, 3.8) is 0 Å². The predicted molar refractivity (Wildman–Crippen MR) is 111 cm³/mol. The molecule has 0 aliphatic carbocycles. The predicted octanol–water partition coefficient (Wildman–Crippen LogP) is 3.29. The van der Waals surface area contributed by atoms with Crippen LogP contribution >= 0.6 is 0 Å². The largest absolute Gasteiger partial charge is 0.497 e. The number of benzene rings is 2. The number of methoxy groups -OCH3 is 1. The Morgan fingerprint density at radius 3 is 2.30 bits per heavy atom. The third-order valence-corrected chi connectivity index (χ3v) is 5.60. The van der Waals surface area contributed by atoms with E-state index in [1.165, 1.54) is 24.3 Å². The SMILES string of the molecule is COc1ccc([C@@H]2CN(C(C)(C)C(=O)O)C[C@H]2NC(=O)Nc2ccc(F)cc2)cc1. The van der Waals surface area contributed by atoms with Crippen molar-refractivity contribution in [1.29, 1.82) is 0 Å². The second-order valence-electron chi connectivity index (χ2n) is 7.86. The second kappa shape index (κ2) is 8.71. The first kappa shape index (κ1) is 21.6. The molecule has 2 aromatic carbocycles. The van der Waals surface area contributed by atoms with E-state index in [1.807, 2.05) is 29.2 Å². The van der Waals surface area contributed by atoms with Gasteiger partial charge in [-0.25, -0.2) is 9.18 Å². The van der Waals surface area contributed by atoms with E-state index in [2.05, 4.69) is 10.6 Å². The molecule has 8 heteroatoms. The lowest BCUT2D eigenvalue weighted by Gasteiger charge is -2.31. The Kier molecular flexibility index (Phi) is 6.26. The van der Waals surface area contributed by atoms with Crippen molar-refractivity contribution in [2.24, 2.45) is 0 Å². The summed E-state index contributed by atoms with van der Waals surface area (Å²) in [6.07, 6.45) is 0. The zero-order valence-corrected chi connectivity index (χ0v) is 17.2. The standard InChI is InChI=1S/C22H26FN3O4/c1-22(2,20(27)28)26-12-18(14-4-10-17(30-3)11-5-14)19(13-26)25-21(29)24-16-8-6-15(23)7-9-16/h4-11,18-19H,12-13H2,1-3H3,(H,27,28)(H2,24,25,29)/t18-,19+/m0/s1. The van der Waals surface area contributed by atoms with E-state index in [0.29, 0.717) is 18.8 Å². The molecular weight excluding hydrogens is 389 g/mol. The number of urea groups is 1. The molecule has 7 nitrogen and oxygen atoms in total. The van der Waals surface area contributed by atoms with Gasteiger partial charge < -0.3 is 20.5 Å². The highest BCUT2D eigenvalue weighted by Gasteiger charge is 2.44. The molecule has 1 fully saturated rings. The molecule has 0 aromatic heterocycles. The molecule has 1 aliphatic rings. The number of aliphatic carboxylic acids is 1. The number of carboxylic acids is 1. The Hall–Kier alpha value is -3.13. The minimum Gasteiger partial charge on any atom is -0.497 e. The molecule has 2 atom stereocenters. The van der Waals surface area contributed by atoms with Crippen molar-refractivity contribution in [3.05, 3.63) is 59.9 Å². The third kappa shape index (κ3) is 4.71. The summed E-state index contributed by atoms with van der Waals surface area (Å²) in [6.45, 7) is 4.17. The van der Waals surface area contributed by atoms with Gasteiger partial charge in [-0.1, -0.05) is 12.1 Å². The maximum atomic E-state index is 13.1. The van der Waals surface area contributed by atoms with Gasteiger partial charge in [-0.2, -0.15) is 0 Å². The molecule has 0 bridgehead atoms. The van der Waals surface area contributed by atoms with Crippen LogP contribution in [-0.4, -0.2) is 53.8 Å². The minimum atomic E-state index is -1.07. The molecule has 1 aliphatic heterocycles. The van der Waals surface area contributed by atoms with Gasteiger partial charge >= 0.3 is 12.0 Å². The van der Waals surface area contributed by atoms with Crippen LogP contribution in [0.2, 0.25) is 0 Å². The van der Waals surface area contributed by atoms with Crippen molar-refractivity contribution in [3.8, 4) is 5.75 Å². The number of rotatable bonds is 6. The number of nitrogens with one attached hydrogen (secondary N) is 2. The summed E-state index contributed by atoms with van der Waals surface area (Å²) in [5.41, 5.74) is 0.372. The first-order valence-electron chi connectivity index (χ1n) is 9.66. The fraction of sp³-hybridized carbons (Fsp3) is 0.364. The number of hydrogen-bond donors (Lipinski definition) is 3. The Morgan fingerprint density at radius 2 is 1.73 bits per heavy atom. The number of carbonyl (C=O) groups is 2. The summed E-state index contributed by atoms with van der Waals surface area (Å²) in [4.78, 5) is 26.1. The summed E-state index contributed by atoms with van der Waals surface area (Å²) < 4.78 is 18.3. The van der Waals surface area contributed by atoms with Crippen LogP contribution in [0.3, 0.4) is 0 Å². The highest BCUT2D eigenvalue weighted by atomic mass is 19.1. The number of carboxylic acid groups (broad SMARTS) is 1. The monoisotopic (exact) mass is 415 g/mol. The van der Waals surface area contributed by atoms with Gasteiger partial charge in [-0.15, -0.1) is 0 Å². The zero-order chi connectivity index (χ0) is 21.9. The van der Waals surface area contributed by atoms with Crippen LogP contribution in [0.15, 0.2) is 48.5 Å². The normalized spacial score (nSPS) is 19.3. The molecule has 3 rings (SSSR count). The van der Waals surface area contributed by atoms with Gasteiger partial charge in [0.1, 0.15) is 17.1 Å². The van der Waals surface area contributed by atoms with Crippen LogP contribution in [-0.2, 0) is 4.79 Å². The molecule has 1 heterocycles. The van der Waals surface area contributed by atoms with Crippen LogP contribution in [0.25, 0.3) is 0 Å². The molecule has 30 heavy (non-hydrogen) atoms. The lowest BCUT2D eigenvalue weighted by molar-refractivity contribution is -0.148. The highest BCUT2D eigenvalue weighted by molar-refractivity contribution is 5.89. The number of hydrogen-bond acceptors (Lipinski definition) is 4. The maximum absolute atomic E-state index is 13.1. The third-order valence-electron chi connectivity index (χ3n) is 5.60. The number of nitrogens with zero attached hydrogens (tertiary/aromatic N) is 1. The number of halogens is 1. The van der Waals surface area contributed by atoms with Crippen molar-refractivity contribution >= 4 is 17.7 Å². The van der Waals surface area contributed by atoms with Crippen LogP contribution in [0.1, 0.15) is 25.3 Å². The van der Waals surface area contributed by atoms with E-state index >= 15 is 0 Å². The summed E-state index contributed by atoms with van der Waals surface area (Å²) in [5, 5.41) is 15.3. The van der Waals surface area contributed by atoms with Gasteiger partial charge in [-0.3, -0.25) is 9.69 Å². The Balaban J connectivity index is 1.79. The van der Waals surface area contributed by atoms with Crippen LogP contribution in [0.4, 0.5) is 14.9 Å². The van der Waals surface area contributed by atoms with Gasteiger partial charge in [0, 0.05) is 24.7 Å². The fourth-order valence-corrected chi connectivity index (χ4v) is 3.60. The molecule has 2 amide bonds. The topological polar surface area (TPSA) is 90.9 Å². The number of carbonyl (C=O) groups excluding carboxylic acids is 1. The van der Waals surface area contributed by atoms with Gasteiger partial charge in [0.2, 0.25) is 0 Å². The van der Waals surface area contributed by atoms with Gasteiger partial charge in [0.15, 0.2) is 0 Å². The Labute approximate surface area is 174 Å². The summed E-state index contributed by atoms with van der Waals surface area (Å²) in [7, 11) is 1.59. The average Bonchev–Trinajstić information content (AvgIpc) is 3.14. The molecule has 0 radical (unpaired) electrons. The second-order valence-corrected chi connectivity index (χ2v) is 7.86. The number of anilines is 1.